The molecule has 2 aliphatic heterocycles. The maximum atomic E-state index is 6.37. The number of hydrogen-bond donors (Lipinski definition) is 0. The Morgan fingerprint density at radius 3 is 1.90 bits per heavy atom. The number of hydrogen-bond acceptors (Lipinski definition) is 4. The van der Waals surface area contributed by atoms with Crippen LogP contribution < -0.4 is 0 Å². The average Bonchev–Trinajstić information content (AvgIpc) is 3.59. The molecule has 0 amide bonds. The lowest BCUT2D eigenvalue weighted by molar-refractivity contribution is -0.0729. The van der Waals surface area contributed by atoms with Gasteiger partial charge in [0.1, 0.15) is 12.2 Å². The van der Waals surface area contributed by atoms with Crippen molar-refractivity contribution in [3.8, 4) is 0 Å². The first-order chi connectivity index (χ1) is 14.7. The number of rotatable bonds is 8. The molecule has 0 spiro atoms. The summed E-state index contributed by atoms with van der Waals surface area (Å²) in [6, 6.07) is 0. The molecule has 0 bridgehead atoms. The van der Waals surface area contributed by atoms with Gasteiger partial charge < -0.3 is 18.9 Å². The van der Waals surface area contributed by atoms with Crippen molar-refractivity contribution in [2.24, 2.45) is 40.9 Å². The average molecular weight is 435 g/mol. The first-order valence-electron chi connectivity index (χ1n) is 12.9. The Morgan fingerprint density at radius 1 is 0.774 bits per heavy atom. The van der Waals surface area contributed by atoms with Crippen LogP contribution in [0.2, 0.25) is 0 Å². The summed E-state index contributed by atoms with van der Waals surface area (Å²) < 4.78 is 23.3. The molecule has 8 atom stereocenters. The molecule has 4 aliphatic rings. The first-order valence-corrected chi connectivity index (χ1v) is 12.9. The lowest BCUT2D eigenvalue weighted by Crippen LogP contribution is -2.42. The Labute approximate surface area is 190 Å². The van der Waals surface area contributed by atoms with Crippen LogP contribution in [0.3, 0.4) is 0 Å². The second-order valence-electron chi connectivity index (χ2n) is 12.2. The van der Waals surface area contributed by atoms with E-state index in [2.05, 4.69) is 53.7 Å². The Hall–Kier alpha value is -0.420. The topological polar surface area (TPSA) is 43.5 Å². The van der Waals surface area contributed by atoms with Crippen LogP contribution in [-0.4, -0.2) is 50.8 Å². The summed E-state index contributed by atoms with van der Waals surface area (Å²) in [6.07, 6.45) is 11.5. The molecule has 2 saturated carbocycles. The minimum atomic E-state index is 0.269. The van der Waals surface area contributed by atoms with Crippen LogP contribution in [0.1, 0.15) is 67.2 Å². The fraction of sp³-hybridized carbons (Fsp3) is 0.926. The molecule has 0 aromatic heterocycles. The van der Waals surface area contributed by atoms with E-state index in [9.17, 15) is 0 Å². The standard InChI is InChI=1S/C27H46O4/c1-17-11-25(30-15-22-13-28-22)24(27(4,5)6)12-21(17)8-7-20-9-18(2)26(19(3)10-20)31-16-23-14-29-23/h7-8,17-26H,9-16H2,1-6H3/b8-7+. The molecular weight excluding hydrogens is 388 g/mol. The van der Waals surface area contributed by atoms with Gasteiger partial charge in [-0.05, 0) is 66.6 Å². The molecule has 4 rings (SSSR count). The zero-order valence-corrected chi connectivity index (χ0v) is 20.7. The van der Waals surface area contributed by atoms with Crippen molar-refractivity contribution in [1.29, 1.82) is 0 Å². The van der Waals surface area contributed by atoms with Crippen molar-refractivity contribution in [3.63, 3.8) is 0 Å². The van der Waals surface area contributed by atoms with Gasteiger partial charge in [-0.3, -0.25) is 0 Å². The molecule has 4 nitrogen and oxygen atoms in total. The predicted octanol–water partition coefficient (Wildman–Crippen LogP) is 5.50. The van der Waals surface area contributed by atoms with Crippen LogP contribution in [0.25, 0.3) is 0 Å². The molecule has 4 fully saturated rings. The molecule has 0 aromatic carbocycles. The van der Waals surface area contributed by atoms with E-state index in [0.29, 0.717) is 59.9 Å². The summed E-state index contributed by atoms with van der Waals surface area (Å²) in [5.41, 5.74) is 0.269. The van der Waals surface area contributed by atoms with E-state index in [-0.39, 0.29) is 5.41 Å². The van der Waals surface area contributed by atoms with Gasteiger partial charge in [0.25, 0.3) is 0 Å². The van der Waals surface area contributed by atoms with Crippen molar-refractivity contribution >= 4 is 0 Å². The lowest BCUT2D eigenvalue weighted by atomic mass is 9.64. The van der Waals surface area contributed by atoms with E-state index >= 15 is 0 Å². The predicted molar refractivity (Wildman–Crippen MR) is 124 cm³/mol. The van der Waals surface area contributed by atoms with Crippen LogP contribution in [0.15, 0.2) is 12.2 Å². The third kappa shape index (κ3) is 6.56. The van der Waals surface area contributed by atoms with Crippen molar-refractivity contribution in [2.45, 2.75) is 91.6 Å². The third-order valence-electron chi connectivity index (χ3n) is 8.30. The number of ether oxygens (including phenoxy) is 4. The first kappa shape index (κ1) is 23.7. The minimum absolute atomic E-state index is 0.269. The Kier molecular flexibility index (Phi) is 7.52. The van der Waals surface area contributed by atoms with Gasteiger partial charge in [0.2, 0.25) is 0 Å². The van der Waals surface area contributed by atoms with Crippen LogP contribution in [0, 0.1) is 40.9 Å². The SMILES string of the molecule is CC1CC(OCC2CO2)C(C(C)(C)C)CC1/C=C/C1CC(C)C(OCC2CO2)C(C)C1. The monoisotopic (exact) mass is 434 g/mol. The van der Waals surface area contributed by atoms with E-state index < -0.39 is 0 Å². The second kappa shape index (κ2) is 9.83. The maximum Gasteiger partial charge on any atom is 0.104 e. The van der Waals surface area contributed by atoms with Gasteiger partial charge in [0.05, 0.1) is 38.6 Å². The molecule has 8 unspecified atom stereocenters. The zero-order valence-electron chi connectivity index (χ0n) is 20.7. The van der Waals surface area contributed by atoms with Gasteiger partial charge in [-0.1, -0.05) is 53.7 Å². The Bertz CT molecular complexity index is 591. The summed E-state index contributed by atoms with van der Waals surface area (Å²) in [7, 11) is 0. The van der Waals surface area contributed by atoms with Crippen LogP contribution in [0.5, 0.6) is 0 Å². The highest BCUT2D eigenvalue weighted by Crippen LogP contribution is 2.45. The van der Waals surface area contributed by atoms with Crippen molar-refractivity contribution < 1.29 is 18.9 Å². The Morgan fingerprint density at radius 2 is 1.35 bits per heavy atom. The molecule has 2 heterocycles. The largest absolute Gasteiger partial charge is 0.375 e. The van der Waals surface area contributed by atoms with E-state index in [4.69, 9.17) is 18.9 Å². The summed E-state index contributed by atoms with van der Waals surface area (Å²) in [4.78, 5) is 0. The van der Waals surface area contributed by atoms with Crippen LogP contribution >= 0.6 is 0 Å². The molecule has 2 saturated heterocycles. The van der Waals surface area contributed by atoms with Gasteiger partial charge in [0, 0.05) is 0 Å². The fourth-order valence-electron chi connectivity index (χ4n) is 6.19. The smallest absolute Gasteiger partial charge is 0.104 e. The Balaban J connectivity index is 1.32. The van der Waals surface area contributed by atoms with E-state index in [1.807, 2.05) is 0 Å². The normalized spacial score (nSPS) is 45.7. The second-order valence-corrected chi connectivity index (χ2v) is 12.2. The summed E-state index contributed by atoms with van der Waals surface area (Å²) in [5, 5.41) is 0. The molecule has 178 valence electrons. The van der Waals surface area contributed by atoms with E-state index in [1.54, 1.807) is 0 Å². The van der Waals surface area contributed by atoms with E-state index in [1.165, 1.54) is 25.7 Å². The molecule has 2 aliphatic carbocycles. The van der Waals surface area contributed by atoms with Gasteiger partial charge >= 0.3 is 0 Å². The zero-order chi connectivity index (χ0) is 22.2. The fourth-order valence-corrected chi connectivity index (χ4v) is 6.19. The molecule has 31 heavy (non-hydrogen) atoms. The maximum absolute atomic E-state index is 6.37. The van der Waals surface area contributed by atoms with Crippen LogP contribution in [-0.2, 0) is 18.9 Å². The highest BCUT2D eigenvalue weighted by molar-refractivity contribution is 5.03. The number of epoxide rings is 2. The van der Waals surface area contributed by atoms with Gasteiger partial charge in [-0.25, -0.2) is 0 Å². The lowest BCUT2D eigenvalue weighted by Gasteiger charge is -2.45. The summed E-state index contributed by atoms with van der Waals surface area (Å²) in [6.45, 7) is 17.7. The molecular formula is C27H46O4. The molecule has 4 heteroatoms. The molecule has 0 aromatic rings. The summed E-state index contributed by atoms with van der Waals surface area (Å²) >= 11 is 0. The number of allylic oxidation sites excluding steroid dienone is 2. The quantitative estimate of drug-likeness (QED) is 0.374. The highest BCUT2D eigenvalue weighted by atomic mass is 16.6. The van der Waals surface area contributed by atoms with Gasteiger partial charge in [-0.15, -0.1) is 0 Å². The van der Waals surface area contributed by atoms with Crippen molar-refractivity contribution in [3.05, 3.63) is 12.2 Å². The molecule has 0 radical (unpaired) electrons. The summed E-state index contributed by atoms with van der Waals surface area (Å²) in [5.74, 6) is 3.85. The van der Waals surface area contributed by atoms with Crippen LogP contribution in [0.4, 0.5) is 0 Å². The van der Waals surface area contributed by atoms with E-state index in [0.717, 1.165) is 26.4 Å². The van der Waals surface area contributed by atoms with Crippen molar-refractivity contribution in [1.82, 2.24) is 0 Å². The molecule has 0 N–H and O–H groups in total. The van der Waals surface area contributed by atoms with Gasteiger partial charge in [0.15, 0.2) is 0 Å². The third-order valence-corrected chi connectivity index (χ3v) is 8.30. The van der Waals surface area contributed by atoms with Gasteiger partial charge in [-0.2, -0.15) is 0 Å². The minimum Gasteiger partial charge on any atom is -0.375 e. The highest BCUT2D eigenvalue weighted by Gasteiger charge is 2.42. The van der Waals surface area contributed by atoms with Crippen molar-refractivity contribution in [2.75, 3.05) is 26.4 Å².